The number of aliphatic carboxylic acids is 1. The van der Waals surface area contributed by atoms with Crippen molar-refractivity contribution in [3.05, 3.63) is 24.4 Å². The van der Waals surface area contributed by atoms with E-state index in [1.165, 1.54) is 0 Å². The zero-order chi connectivity index (χ0) is 11.9. The number of hydrogen-bond donors (Lipinski definition) is 0. The summed E-state index contributed by atoms with van der Waals surface area (Å²) in [6.45, 7) is 0. The van der Waals surface area contributed by atoms with E-state index in [9.17, 15) is 13.2 Å². The highest BCUT2D eigenvalue weighted by Crippen LogP contribution is 2.11. The van der Waals surface area contributed by atoms with Crippen LogP contribution in [0.5, 0.6) is 5.88 Å². The number of hydrogen-bond acceptors (Lipinski definition) is 3. The standard InChI is InChI=1S/C6H7NO.C2HF3O2/c1-8-6-4-2-3-5-7-6;3-2(4,5)1(6)7/h2-5H,1H3;(H,6,7). The lowest BCUT2D eigenvalue weighted by Gasteiger charge is -2.03. The number of carboxylic acids is 1. The summed E-state index contributed by atoms with van der Waals surface area (Å²) in [6, 6.07) is 5.68. The SMILES string of the molecule is COc1cccc[nH+]1.O=C([O-])C(F)(F)F. The first-order chi connectivity index (χ1) is 6.88. The number of alkyl halides is 3. The molecule has 1 heterocycles. The molecule has 84 valence electrons. The summed E-state index contributed by atoms with van der Waals surface area (Å²) in [5, 5.41) is 8.78. The van der Waals surface area contributed by atoms with Crippen molar-refractivity contribution in [1.29, 1.82) is 0 Å². The summed E-state index contributed by atoms with van der Waals surface area (Å²) in [7, 11) is 1.63. The molecule has 1 aromatic rings. The third kappa shape index (κ3) is 6.30. The molecule has 0 spiro atoms. The van der Waals surface area contributed by atoms with Crippen LogP contribution in [-0.2, 0) is 4.79 Å². The van der Waals surface area contributed by atoms with Gasteiger partial charge in [-0.1, -0.05) is 0 Å². The molecule has 1 rings (SSSR count). The number of carbonyl (C=O) groups is 1. The van der Waals surface area contributed by atoms with Crippen LogP contribution in [0.4, 0.5) is 13.2 Å². The number of halogens is 3. The van der Waals surface area contributed by atoms with Crippen molar-refractivity contribution >= 4 is 5.97 Å². The molecule has 0 saturated carbocycles. The molecule has 15 heavy (non-hydrogen) atoms. The molecule has 0 bridgehead atoms. The second-order valence-electron chi connectivity index (χ2n) is 2.22. The number of aromatic nitrogens is 1. The van der Waals surface area contributed by atoms with Gasteiger partial charge in [0, 0.05) is 6.07 Å². The van der Waals surface area contributed by atoms with E-state index in [1.807, 2.05) is 24.4 Å². The van der Waals surface area contributed by atoms with Crippen LogP contribution in [0.1, 0.15) is 0 Å². The van der Waals surface area contributed by atoms with E-state index in [1.54, 1.807) is 7.11 Å². The summed E-state index contributed by atoms with van der Waals surface area (Å²) >= 11 is 0. The van der Waals surface area contributed by atoms with Gasteiger partial charge in [-0.25, -0.2) is 0 Å². The van der Waals surface area contributed by atoms with E-state index in [0.29, 0.717) is 0 Å². The predicted octanol–water partition coefficient (Wildman–Crippen LogP) is -0.192. The molecule has 0 saturated heterocycles. The van der Waals surface area contributed by atoms with Gasteiger partial charge in [0.2, 0.25) is 0 Å². The maximum absolute atomic E-state index is 10.5. The summed E-state index contributed by atoms with van der Waals surface area (Å²) < 4.78 is 36.4. The summed E-state index contributed by atoms with van der Waals surface area (Å²) in [5.41, 5.74) is 0. The highest BCUT2D eigenvalue weighted by molar-refractivity contribution is 5.70. The van der Waals surface area contributed by atoms with Crippen LogP contribution in [0, 0.1) is 0 Å². The van der Waals surface area contributed by atoms with E-state index in [2.05, 4.69) is 4.98 Å². The zero-order valence-corrected chi connectivity index (χ0v) is 7.67. The number of carboxylic acid groups (broad SMARTS) is 1. The molecule has 1 N–H and O–H groups in total. The van der Waals surface area contributed by atoms with E-state index in [0.717, 1.165) is 5.88 Å². The molecule has 0 fully saturated rings. The second kappa shape index (κ2) is 5.84. The highest BCUT2D eigenvalue weighted by Gasteiger charge is 2.28. The van der Waals surface area contributed by atoms with Crippen LogP contribution in [0.3, 0.4) is 0 Å². The van der Waals surface area contributed by atoms with Crippen molar-refractivity contribution in [3.8, 4) is 5.88 Å². The number of aromatic amines is 1. The lowest BCUT2D eigenvalue weighted by atomic mass is 10.5. The Labute approximate surface area is 83.3 Å². The Morgan fingerprint density at radius 3 is 2.20 bits per heavy atom. The largest absolute Gasteiger partial charge is 0.542 e. The minimum Gasteiger partial charge on any atom is -0.542 e. The number of pyridine rings is 1. The quantitative estimate of drug-likeness (QED) is 0.662. The van der Waals surface area contributed by atoms with Gasteiger partial charge >= 0.3 is 12.1 Å². The van der Waals surface area contributed by atoms with Crippen LogP contribution in [0.2, 0.25) is 0 Å². The maximum Gasteiger partial charge on any atom is 0.430 e. The molecule has 0 atom stereocenters. The number of methoxy groups -OCH3 is 1. The zero-order valence-electron chi connectivity index (χ0n) is 7.67. The smallest absolute Gasteiger partial charge is 0.430 e. The normalized spacial score (nSPS) is 9.87. The molecule has 7 heteroatoms. The van der Waals surface area contributed by atoms with Crippen LogP contribution >= 0.6 is 0 Å². The van der Waals surface area contributed by atoms with Gasteiger partial charge in [-0.15, -0.1) is 0 Å². The molecule has 0 aliphatic carbocycles. The first-order valence-electron chi connectivity index (χ1n) is 3.66. The Hall–Kier alpha value is -1.79. The van der Waals surface area contributed by atoms with Gasteiger partial charge in [-0.05, 0) is 6.07 Å². The topological polar surface area (TPSA) is 63.5 Å². The lowest BCUT2D eigenvalue weighted by molar-refractivity contribution is -0.392. The van der Waals surface area contributed by atoms with Crippen molar-refractivity contribution in [1.82, 2.24) is 0 Å². The molecule has 0 aliphatic rings. The predicted molar refractivity (Wildman–Crippen MR) is 40.6 cm³/mol. The summed E-state index contributed by atoms with van der Waals surface area (Å²) in [6.07, 6.45) is -3.38. The highest BCUT2D eigenvalue weighted by atomic mass is 19.4. The molecule has 0 aromatic carbocycles. The first kappa shape index (κ1) is 13.2. The van der Waals surface area contributed by atoms with Gasteiger partial charge in [0.25, 0.3) is 0 Å². The van der Waals surface area contributed by atoms with E-state index in [4.69, 9.17) is 14.6 Å². The molecule has 0 amide bonds. The first-order valence-corrected chi connectivity index (χ1v) is 3.66. The fourth-order valence-corrected chi connectivity index (χ4v) is 0.504. The lowest BCUT2D eigenvalue weighted by Crippen LogP contribution is -2.37. The second-order valence-corrected chi connectivity index (χ2v) is 2.22. The minimum atomic E-state index is -5.19. The Bertz CT molecular complexity index is 300. The van der Waals surface area contributed by atoms with Crippen molar-refractivity contribution in [2.45, 2.75) is 6.18 Å². The molecule has 0 unspecified atom stereocenters. The number of carbonyl (C=O) groups excluding carboxylic acids is 1. The average molecular weight is 223 g/mol. The third-order valence-corrected chi connectivity index (χ3v) is 1.13. The fraction of sp³-hybridized carbons (Fsp3) is 0.250. The average Bonchev–Trinajstić information content (AvgIpc) is 2.18. The molecule has 0 aliphatic heterocycles. The molecule has 0 radical (unpaired) electrons. The Morgan fingerprint density at radius 1 is 1.47 bits per heavy atom. The van der Waals surface area contributed by atoms with E-state index in [-0.39, 0.29) is 0 Å². The van der Waals surface area contributed by atoms with E-state index >= 15 is 0 Å². The van der Waals surface area contributed by atoms with Crippen LogP contribution in [-0.4, -0.2) is 19.3 Å². The molecular weight excluding hydrogens is 215 g/mol. The van der Waals surface area contributed by atoms with Gasteiger partial charge in [-0.3, -0.25) is 0 Å². The third-order valence-electron chi connectivity index (χ3n) is 1.13. The van der Waals surface area contributed by atoms with Gasteiger partial charge in [-0.2, -0.15) is 18.2 Å². The molecule has 1 aromatic heterocycles. The van der Waals surface area contributed by atoms with Crippen LogP contribution in [0.15, 0.2) is 24.4 Å². The van der Waals surface area contributed by atoms with Crippen molar-refractivity contribution in [2.24, 2.45) is 0 Å². The van der Waals surface area contributed by atoms with Gasteiger partial charge < -0.3 is 14.6 Å². The minimum absolute atomic E-state index is 0.785. The fourth-order valence-electron chi connectivity index (χ4n) is 0.504. The molecule has 4 nitrogen and oxygen atoms in total. The van der Waals surface area contributed by atoms with Crippen molar-refractivity contribution < 1.29 is 32.8 Å². The monoisotopic (exact) mass is 223 g/mol. The van der Waals surface area contributed by atoms with Gasteiger partial charge in [0.05, 0.1) is 13.2 Å². The Balaban J connectivity index is 0.000000265. The Morgan fingerprint density at radius 2 is 2.00 bits per heavy atom. The van der Waals surface area contributed by atoms with Crippen molar-refractivity contribution in [3.63, 3.8) is 0 Å². The van der Waals surface area contributed by atoms with Crippen LogP contribution in [0.25, 0.3) is 0 Å². The number of rotatable bonds is 1. The number of ether oxygens (including phenoxy) is 1. The number of H-pyrrole nitrogens is 1. The van der Waals surface area contributed by atoms with Crippen LogP contribution < -0.4 is 14.8 Å². The van der Waals surface area contributed by atoms with Crippen molar-refractivity contribution in [2.75, 3.05) is 7.11 Å². The van der Waals surface area contributed by atoms with Gasteiger partial charge in [0.1, 0.15) is 5.97 Å². The maximum atomic E-state index is 10.5. The Kier molecular flexibility index (Phi) is 5.14. The van der Waals surface area contributed by atoms with E-state index < -0.39 is 12.1 Å². The molecular formula is C8H8F3NO3. The number of nitrogens with one attached hydrogen (secondary N) is 1. The summed E-state index contributed by atoms with van der Waals surface area (Å²) in [4.78, 5) is 11.7. The summed E-state index contributed by atoms with van der Waals surface area (Å²) in [5.74, 6) is -2.22. The van der Waals surface area contributed by atoms with Gasteiger partial charge in [0.15, 0.2) is 6.20 Å².